The van der Waals surface area contributed by atoms with Crippen LogP contribution < -0.4 is 10.7 Å². The fourth-order valence-electron chi connectivity index (χ4n) is 2.69. The van der Waals surface area contributed by atoms with Gasteiger partial charge >= 0.3 is 0 Å². The lowest BCUT2D eigenvalue weighted by atomic mass is 10.2. The largest absolute Gasteiger partial charge is 0.335 e. The van der Waals surface area contributed by atoms with Crippen molar-refractivity contribution in [2.24, 2.45) is 0 Å². The van der Waals surface area contributed by atoms with E-state index in [0.29, 0.717) is 10.5 Å². The number of aromatic nitrogens is 3. The molecule has 0 atom stereocenters. The molecule has 3 aromatic rings. The van der Waals surface area contributed by atoms with E-state index in [0.717, 1.165) is 29.2 Å². The van der Waals surface area contributed by atoms with E-state index in [1.54, 1.807) is 12.1 Å². The first-order valence-corrected chi connectivity index (χ1v) is 9.12. The van der Waals surface area contributed by atoms with Crippen LogP contribution in [0.5, 0.6) is 0 Å². The van der Waals surface area contributed by atoms with E-state index in [2.05, 4.69) is 20.4 Å². The van der Waals surface area contributed by atoms with E-state index in [1.165, 1.54) is 11.3 Å². The molecule has 8 heteroatoms. The molecule has 136 valence electrons. The van der Waals surface area contributed by atoms with Crippen LogP contribution in [0.25, 0.3) is 10.9 Å². The Kier molecular flexibility index (Phi) is 5.43. The Morgan fingerprint density at radius 2 is 2.04 bits per heavy atom. The number of hydrogen-bond acceptors (Lipinski definition) is 6. The number of nitrogens with zero attached hydrogens (tertiary/aromatic N) is 4. The Labute approximate surface area is 155 Å². The molecule has 1 amide bonds. The van der Waals surface area contributed by atoms with E-state index in [9.17, 15) is 9.59 Å². The van der Waals surface area contributed by atoms with Crippen molar-refractivity contribution in [1.82, 2.24) is 19.7 Å². The number of anilines is 1. The number of para-hydroxylation sites is 1. The standard InChI is InChI=1S/C18H21N5O2S/c1-12-10-15(24)13-6-4-5-7-14(13)23(12)11-16(25)19-18-21-20-17(26-18)8-9-22(2)3/h4-7,10H,8-9,11H2,1-3H3,(H,19,21,25). The quantitative estimate of drug-likeness (QED) is 0.716. The van der Waals surface area contributed by atoms with Gasteiger partial charge in [0, 0.05) is 30.1 Å². The highest BCUT2D eigenvalue weighted by Gasteiger charge is 2.12. The van der Waals surface area contributed by atoms with Crippen LogP contribution in [-0.2, 0) is 17.8 Å². The summed E-state index contributed by atoms with van der Waals surface area (Å²) in [5.41, 5.74) is 1.45. The maximum Gasteiger partial charge on any atom is 0.246 e. The van der Waals surface area contributed by atoms with Gasteiger partial charge in [0.25, 0.3) is 0 Å². The van der Waals surface area contributed by atoms with Gasteiger partial charge in [0.2, 0.25) is 11.0 Å². The summed E-state index contributed by atoms with van der Waals surface area (Å²) in [6.07, 6.45) is 0.796. The highest BCUT2D eigenvalue weighted by molar-refractivity contribution is 7.15. The molecular formula is C18H21N5O2S. The van der Waals surface area contributed by atoms with Crippen LogP contribution in [0.1, 0.15) is 10.7 Å². The lowest BCUT2D eigenvalue weighted by Crippen LogP contribution is -2.22. The smallest absolute Gasteiger partial charge is 0.246 e. The fraction of sp³-hybridized carbons (Fsp3) is 0.333. The third-order valence-electron chi connectivity index (χ3n) is 4.01. The summed E-state index contributed by atoms with van der Waals surface area (Å²) < 4.78 is 1.83. The molecule has 1 aromatic carbocycles. The summed E-state index contributed by atoms with van der Waals surface area (Å²) in [5.74, 6) is -0.197. The van der Waals surface area contributed by atoms with E-state index < -0.39 is 0 Å². The van der Waals surface area contributed by atoms with E-state index >= 15 is 0 Å². The van der Waals surface area contributed by atoms with Crippen molar-refractivity contribution in [3.8, 4) is 0 Å². The number of amides is 1. The van der Waals surface area contributed by atoms with Crippen molar-refractivity contribution in [3.05, 3.63) is 51.3 Å². The highest BCUT2D eigenvalue weighted by Crippen LogP contribution is 2.17. The summed E-state index contributed by atoms with van der Waals surface area (Å²) >= 11 is 1.38. The molecule has 0 fully saturated rings. The second-order valence-electron chi connectivity index (χ2n) is 6.36. The van der Waals surface area contributed by atoms with Gasteiger partial charge in [-0.3, -0.25) is 14.9 Å². The van der Waals surface area contributed by atoms with Crippen LogP contribution in [0, 0.1) is 6.92 Å². The third-order valence-corrected chi connectivity index (χ3v) is 4.91. The highest BCUT2D eigenvalue weighted by atomic mass is 32.1. The summed E-state index contributed by atoms with van der Waals surface area (Å²) in [6.45, 7) is 2.82. The molecule has 0 saturated carbocycles. The molecule has 2 aromatic heterocycles. The summed E-state index contributed by atoms with van der Waals surface area (Å²) in [5, 5.41) is 12.9. The molecule has 0 aliphatic rings. The lowest BCUT2D eigenvalue weighted by Gasteiger charge is -2.13. The number of carbonyl (C=O) groups excluding carboxylic acids is 1. The average molecular weight is 371 g/mol. The molecule has 0 spiro atoms. The van der Waals surface area contributed by atoms with Gasteiger partial charge < -0.3 is 9.47 Å². The first kappa shape index (κ1) is 18.2. The van der Waals surface area contributed by atoms with Crippen LogP contribution in [-0.4, -0.2) is 46.2 Å². The molecule has 0 aliphatic heterocycles. The Morgan fingerprint density at radius 1 is 1.27 bits per heavy atom. The Bertz CT molecular complexity index is 993. The van der Waals surface area contributed by atoms with Crippen molar-refractivity contribution >= 4 is 33.3 Å². The number of pyridine rings is 1. The number of benzene rings is 1. The number of likely N-dealkylation sites (N-methyl/N-ethyl adjacent to an activating group) is 1. The second-order valence-corrected chi connectivity index (χ2v) is 7.42. The molecular weight excluding hydrogens is 350 g/mol. The van der Waals surface area contributed by atoms with Crippen molar-refractivity contribution in [2.45, 2.75) is 19.9 Å². The SMILES string of the molecule is Cc1cc(=O)c2ccccc2n1CC(=O)Nc1nnc(CCN(C)C)s1. The average Bonchev–Trinajstić information content (AvgIpc) is 3.04. The zero-order valence-electron chi connectivity index (χ0n) is 15.0. The minimum Gasteiger partial charge on any atom is -0.335 e. The molecule has 7 nitrogen and oxygen atoms in total. The zero-order valence-corrected chi connectivity index (χ0v) is 15.8. The van der Waals surface area contributed by atoms with Crippen molar-refractivity contribution < 1.29 is 4.79 Å². The van der Waals surface area contributed by atoms with Crippen LogP contribution in [0.15, 0.2) is 35.1 Å². The van der Waals surface area contributed by atoms with Gasteiger partial charge in [-0.2, -0.15) is 0 Å². The minimum absolute atomic E-state index is 0.0376. The first-order chi connectivity index (χ1) is 12.4. The first-order valence-electron chi connectivity index (χ1n) is 8.30. The van der Waals surface area contributed by atoms with E-state index in [-0.39, 0.29) is 17.9 Å². The van der Waals surface area contributed by atoms with Gasteiger partial charge in [-0.15, -0.1) is 10.2 Å². The molecule has 3 rings (SSSR count). The summed E-state index contributed by atoms with van der Waals surface area (Å²) in [7, 11) is 4.00. The number of fused-ring (bicyclic) bond motifs is 1. The predicted octanol–water partition coefficient (Wildman–Crippen LogP) is 1.90. The molecule has 2 heterocycles. The monoisotopic (exact) mass is 371 g/mol. The van der Waals surface area contributed by atoms with Crippen LogP contribution >= 0.6 is 11.3 Å². The summed E-state index contributed by atoms with van der Waals surface area (Å²) in [4.78, 5) is 26.6. The third kappa shape index (κ3) is 4.14. The van der Waals surface area contributed by atoms with Crippen molar-refractivity contribution in [3.63, 3.8) is 0 Å². The van der Waals surface area contributed by atoms with Crippen molar-refractivity contribution in [1.29, 1.82) is 0 Å². The van der Waals surface area contributed by atoms with Gasteiger partial charge in [-0.05, 0) is 33.2 Å². The van der Waals surface area contributed by atoms with Gasteiger partial charge in [-0.25, -0.2) is 0 Å². The molecule has 26 heavy (non-hydrogen) atoms. The Morgan fingerprint density at radius 3 is 2.81 bits per heavy atom. The number of rotatable bonds is 6. The van der Waals surface area contributed by atoms with Crippen molar-refractivity contribution in [2.75, 3.05) is 26.0 Å². The van der Waals surface area contributed by atoms with E-state index in [4.69, 9.17) is 0 Å². The maximum absolute atomic E-state index is 12.5. The number of nitrogens with one attached hydrogen (secondary N) is 1. The maximum atomic E-state index is 12.5. The normalized spacial score (nSPS) is 11.2. The van der Waals surface area contributed by atoms with Gasteiger partial charge in [0.15, 0.2) is 5.43 Å². The topological polar surface area (TPSA) is 80.1 Å². The lowest BCUT2D eigenvalue weighted by molar-refractivity contribution is -0.116. The fourth-order valence-corrected chi connectivity index (χ4v) is 3.43. The predicted molar refractivity (Wildman–Crippen MR) is 104 cm³/mol. The van der Waals surface area contributed by atoms with Gasteiger partial charge in [-0.1, -0.05) is 23.5 Å². The van der Waals surface area contributed by atoms with Gasteiger partial charge in [0.1, 0.15) is 11.6 Å². The molecule has 0 unspecified atom stereocenters. The second kappa shape index (κ2) is 7.76. The Hall–Kier alpha value is -2.58. The molecule has 1 N–H and O–H groups in total. The van der Waals surface area contributed by atoms with Gasteiger partial charge in [0.05, 0.1) is 5.52 Å². The summed E-state index contributed by atoms with van der Waals surface area (Å²) in [6, 6.07) is 8.85. The zero-order chi connectivity index (χ0) is 18.7. The van der Waals surface area contributed by atoms with E-state index in [1.807, 2.05) is 43.8 Å². The van der Waals surface area contributed by atoms with Crippen LogP contribution in [0.3, 0.4) is 0 Å². The molecule has 0 aliphatic carbocycles. The number of hydrogen-bond donors (Lipinski definition) is 1. The molecule has 0 radical (unpaired) electrons. The number of aryl methyl sites for hydroxylation is 1. The Balaban J connectivity index is 1.75. The van der Waals surface area contributed by atoms with Crippen LogP contribution in [0.2, 0.25) is 0 Å². The molecule has 0 bridgehead atoms. The molecule has 0 saturated heterocycles. The van der Waals surface area contributed by atoms with Crippen LogP contribution in [0.4, 0.5) is 5.13 Å². The minimum atomic E-state index is -0.197. The number of carbonyl (C=O) groups is 1.